The average Bonchev–Trinajstić information content (AvgIpc) is 2.98. The molecule has 1 N–H and O–H groups in total. The summed E-state index contributed by atoms with van der Waals surface area (Å²) in [5.41, 5.74) is 2.52. The standard InChI is InChI=1S/C17H19N3O3S/c1-12(14-5-8-18-9-6-14)19-24(22,23)16-3-4-17-15(11-16)7-10-20(17)13(2)21/h3-6,8-9,11-12,19H,7,10H2,1-2H3. The van der Waals surface area contributed by atoms with Gasteiger partial charge in [0, 0.05) is 37.6 Å². The molecule has 1 unspecified atom stereocenters. The highest BCUT2D eigenvalue weighted by molar-refractivity contribution is 7.89. The van der Waals surface area contributed by atoms with E-state index in [-0.39, 0.29) is 16.8 Å². The van der Waals surface area contributed by atoms with Crippen LogP contribution in [0.15, 0.2) is 47.6 Å². The Morgan fingerprint density at radius 3 is 2.62 bits per heavy atom. The zero-order chi connectivity index (χ0) is 17.3. The van der Waals surface area contributed by atoms with Gasteiger partial charge in [0.15, 0.2) is 0 Å². The zero-order valence-corrected chi connectivity index (χ0v) is 14.4. The summed E-state index contributed by atoms with van der Waals surface area (Å²) in [7, 11) is -3.64. The number of anilines is 1. The third-order valence-electron chi connectivity index (χ3n) is 4.17. The predicted octanol–water partition coefficient (Wildman–Crippen LogP) is 2.03. The normalized spacial score (nSPS) is 15.2. The van der Waals surface area contributed by atoms with Gasteiger partial charge in [0.05, 0.1) is 4.90 Å². The summed E-state index contributed by atoms with van der Waals surface area (Å²) in [4.78, 5) is 17.4. The van der Waals surface area contributed by atoms with Crippen LogP contribution in [0.4, 0.5) is 5.69 Å². The smallest absolute Gasteiger partial charge is 0.241 e. The molecule has 3 rings (SSSR count). The van der Waals surface area contributed by atoms with Crippen LogP contribution in [0.1, 0.15) is 31.0 Å². The van der Waals surface area contributed by atoms with Crippen molar-refractivity contribution in [2.75, 3.05) is 11.4 Å². The summed E-state index contributed by atoms with van der Waals surface area (Å²) in [5.74, 6) is -0.0335. The number of carbonyl (C=O) groups is 1. The van der Waals surface area contributed by atoms with E-state index in [0.29, 0.717) is 13.0 Å². The van der Waals surface area contributed by atoms with Gasteiger partial charge < -0.3 is 4.90 Å². The Balaban J connectivity index is 1.85. The second-order valence-corrected chi connectivity index (χ2v) is 7.55. The SMILES string of the molecule is CC(=O)N1CCc2cc(S(=O)(=O)NC(C)c3ccncc3)ccc21. The Morgan fingerprint density at radius 1 is 1.25 bits per heavy atom. The number of hydrogen-bond acceptors (Lipinski definition) is 4. The molecule has 1 amide bonds. The number of fused-ring (bicyclic) bond motifs is 1. The van der Waals surface area contributed by atoms with Gasteiger partial charge >= 0.3 is 0 Å². The molecule has 126 valence electrons. The highest BCUT2D eigenvalue weighted by Gasteiger charge is 2.25. The van der Waals surface area contributed by atoms with Gasteiger partial charge in [-0.1, -0.05) is 0 Å². The highest BCUT2D eigenvalue weighted by Crippen LogP contribution is 2.30. The maximum absolute atomic E-state index is 12.6. The summed E-state index contributed by atoms with van der Waals surface area (Å²) in [5, 5.41) is 0. The van der Waals surface area contributed by atoms with E-state index in [1.54, 1.807) is 54.5 Å². The number of benzene rings is 1. The van der Waals surface area contributed by atoms with Gasteiger partial charge in [-0.3, -0.25) is 9.78 Å². The van der Waals surface area contributed by atoms with Crippen molar-refractivity contribution >= 4 is 21.6 Å². The number of nitrogens with one attached hydrogen (secondary N) is 1. The quantitative estimate of drug-likeness (QED) is 0.919. The van der Waals surface area contributed by atoms with Gasteiger partial charge in [0.2, 0.25) is 15.9 Å². The number of rotatable bonds is 4. The van der Waals surface area contributed by atoms with Crippen LogP contribution < -0.4 is 9.62 Å². The lowest BCUT2D eigenvalue weighted by Crippen LogP contribution is -2.27. The van der Waals surface area contributed by atoms with Crippen molar-refractivity contribution in [1.82, 2.24) is 9.71 Å². The summed E-state index contributed by atoms with van der Waals surface area (Å²) in [6.45, 7) is 3.89. The van der Waals surface area contributed by atoms with E-state index < -0.39 is 10.0 Å². The first-order valence-corrected chi connectivity index (χ1v) is 9.20. The van der Waals surface area contributed by atoms with E-state index in [9.17, 15) is 13.2 Å². The molecule has 0 fully saturated rings. The van der Waals surface area contributed by atoms with Crippen molar-refractivity contribution in [3.05, 3.63) is 53.9 Å². The summed E-state index contributed by atoms with van der Waals surface area (Å²) < 4.78 is 27.9. The predicted molar refractivity (Wildman–Crippen MR) is 91.1 cm³/mol. The number of nitrogens with zero attached hydrogens (tertiary/aromatic N) is 2. The second-order valence-electron chi connectivity index (χ2n) is 5.83. The lowest BCUT2D eigenvalue weighted by Gasteiger charge is -2.16. The van der Waals surface area contributed by atoms with E-state index in [2.05, 4.69) is 9.71 Å². The Labute approximate surface area is 141 Å². The molecule has 1 aliphatic rings. The van der Waals surface area contributed by atoms with E-state index in [1.165, 1.54) is 6.92 Å². The highest BCUT2D eigenvalue weighted by atomic mass is 32.2. The van der Waals surface area contributed by atoms with Crippen LogP contribution >= 0.6 is 0 Å². The molecule has 0 bridgehead atoms. The van der Waals surface area contributed by atoms with Crippen LogP contribution in [0.3, 0.4) is 0 Å². The molecule has 1 aromatic heterocycles. The first kappa shape index (κ1) is 16.6. The molecule has 0 saturated heterocycles. The first-order valence-electron chi connectivity index (χ1n) is 7.72. The van der Waals surface area contributed by atoms with Crippen LogP contribution in [0.25, 0.3) is 0 Å². The third-order valence-corrected chi connectivity index (χ3v) is 5.71. The number of sulfonamides is 1. The van der Waals surface area contributed by atoms with E-state index >= 15 is 0 Å². The minimum Gasteiger partial charge on any atom is -0.312 e. The molecular weight excluding hydrogens is 326 g/mol. The number of amides is 1. The average molecular weight is 345 g/mol. The van der Waals surface area contributed by atoms with Crippen LogP contribution in [0, 0.1) is 0 Å². The Hall–Kier alpha value is -2.25. The van der Waals surface area contributed by atoms with Crippen LogP contribution in [-0.2, 0) is 21.2 Å². The minimum absolute atomic E-state index is 0.0335. The molecule has 1 atom stereocenters. The lowest BCUT2D eigenvalue weighted by molar-refractivity contribution is -0.116. The van der Waals surface area contributed by atoms with Gasteiger partial charge in [-0.25, -0.2) is 13.1 Å². The summed E-state index contributed by atoms with van der Waals surface area (Å²) in [6, 6.07) is 8.10. The van der Waals surface area contributed by atoms with Crippen molar-refractivity contribution < 1.29 is 13.2 Å². The van der Waals surface area contributed by atoms with Gasteiger partial charge in [-0.05, 0) is 54.8 Å². The maximum atomic E-state index is 12.6. The van der Waals surface area contributed by atoms with E-state index in [1.807, 2.05) is 0 Å². The fourth-order valence-corrected chi connectivity index (χ4v) is 4.18. The van der Waals surface area contributed by atoms with Gasteiger partial charge in [-0.15, -0.1) is 0 Å². The van der Waals surface area contributed by atoms with Crippen LogP contribution in [0.5, 0.6) is 0 Å². The Kier molecular flexibility index (Phi) is 4.38. The number of pyridine rings is 1. The maximum Gasteiger partial charge on any atom is 0.241 e. The molecule has 1 aromatic carbocycles. The molecule has 6 nitrogen and oxygen atoms in total. The molecule has 0 aliphatic carbocycles. The molecule has 2 heterocycles. The molecule has 0 saturated carbocycles. The van der Waals surface area contributed by atoms with Crippen molar-refractivity contribution in [1.29, 1.82) is 0 Å². The molecule has 0 radical (unpaired) electrons. The number of aromatic nitrogens is 1. The lowest BCUT2D eigenvalue weighted by atomic mass is 10.1. The first-order chi connectivity index (χ1) is 11.4. The van der Waals surface area contributed by atoms with E-state index in [0.717, 1.165) is 16.8 Å². The monoisotopic (exact) mass is 345 g/mol. The van der Waals surface area contributed by atoms with Crippen molar-refractivity contribution in [3.8, 4) is 0 Å². The van der Waals surface area contributed by atoms with Crippen molar-refractivity contribution in [2.24, 2.45) is 0 Å². The molecule has 1 aliphatic heterocycles. The molecule has 2 aromatic rings. The molecule has 7 heteroatoms. The molecular formula is C17H19N3O3S. The van der Waals surface area contributed by atoms with Crippen molar-refractivity contribution in [2.45, 2.75) is 31.2 Å². The molecule has 0 spiro atoms. The van der Waals surface area contributed by atoms with Gasteiger partial charge in [-0.2, -0.15) is 0 Å². The number of carbonyl (C=O) groups excluding carboxylic acids is 1. The van der Waals surface area contributed by atoms with E-state index in [4.69, 9.17) is 0 Å². The summed E-state index contributed by atoms with van der Waals surface area (Å²) >= 11 is 0. The third kappa shape index (κ3) is 3.18. The molecule has 24 heavy (non-hydrogen) atoms. The Bertz CT molecular complexity index is 866. The summed E-state index contributed by atoms with van der Waals surface area (Å²) in [6.07, 6.45) is 3.93. The second kappa shape index (κ2) is 6.33. The van der Waals surface area contributed by atoms with Crippen molar-refractivity contribution in [3.63, 3.8) is 0 Å². The zero-order valence-electron chi connectivity index (χ0n) is 13.6. The number of hydrogen-bond donors (Lipinski definition) is 1. The fourth-order valence-electron chi connectivity index (χ4n) is 2.89. The topological polar surface area (TPSA) is 79.4 Å². The van der Waals surface area contributed by atoms with Gasteiger partial charge in [0.25, 0.3) is 0 Å². The Morgan fingerprint density at radius 2 is 1.96 bits per heavy atom. The van der Waals surface area contributed by atoms with Crippen LogP contribution in [-0.4, -0.2) is 25.9 Å². The minimum atomic E-state index is -3.64. The fraction of sp³-hybridized carbons (Fsp3) is 0.294. The van der Waals surface area contributed by atoms with Gasteiger partial charge in [0.1, 0.15) is 0 Å². The largest absolute Gasteiger partial charge is 0.312 e. The van der Waals surface area contributed by atoms with Crippen LogP contribution in [0.2, 0.25) is 0 Å².